The Morgan fingerprint density at radius 1 is 0.618 bits per heavy atom. The van der Waals surface area contributed by atoms with E-state index in [4.69, 9.17) is 9.97 Å². The summed E-state index contributed by atoms with van der Waals surface area (Å²) < 4.78 is 72.2. The average Bonchev–Trinajstić information content (AvgIpc) is 3.96. The number of nitrogens with one attached hydrogen (secondary N) is 4. The van der Waals surface area contributed by atoms with E-state index in [-0.39, 0.29) is 105 Å². The van der Waals surface area contributed by atoms with Gasteiger partial charge in [0.1, 0.15) is 17.3 Å². The van der Waals surface area contributed by atoms with Crippen molar-refractivity contribution in [2.24, 2.45) is 5.92 Å². The van der Waals surface area contributed by atoms with E-state index in [9.17, 15) is 13.2 Å². The van der Waals surface area contributed by atoms with Crippen LogP contribution in [0.3, 0.4) is 0 Å². The number of fused-ring (bicyclic) bond motifs is 2. The van der Waals surface area contributed by atoms with Crippen LogP contribution >= 0.6 is 49.6 Å². The molecule has 17 heteroatoms. The molecule has 0 bridgehead atoms. The molecule has 5 aromatic rings. The molecule has 0 saturated carbocycles. The first-order valence-corrected chi connectivity index (χ1v) is 18.2. The van der Waals surface area contributed by atoms with Gasteiger partial charge in [-0.25, -0.2) is 18.7 Å². The van der Waals surface area contributed by atoms with Crippen LogP contribution in [0.2, 0.25) is 0 Å². The fourth-order valence-electron chi connectivity index (χ4n) is 8.93. The summed E-state index contributed by atoms with van der Waals surface area (Å²) in [5, 5.41) is 6.99. The van der Waals surface area contributed by atoms with Gasteiger partial charge < -0.3 is 30.4 Å². The number of hydrogen-bond acceptors (Lipinski definition) is 6. The molecule has 9 rings (SSSR count). The van der Waals surface area contributed by atoms with Gasteiger partial charge in [-0.2, -0.15) is 13.2 Å². The molecule has 0 aliphatic carbocycles. The van der Waals surface area contributed by atoms with Crippen LogP contribution in [0, 0.1) is 17.6 Å². The van der Waals surface area contributed by atoms with Crippen LogP contribution in [-0.4, -0.2) is 52.3 Å². The Balaban J connectivity index is 0.00000145. The topological polar surface area (TPSA) is 87.9 Å². The zero-order chi connectivity index (χ0) is 34.9. The molecule has 0 unspecified atom stereocenters. The standard InChI is InChI=1S/C38H41F5N8.4ClH/c39-25-19-24(20-26(40)35(25)50-15-11-23(12-16-50)38(41,42)43)51-33(21-5-7-27-31(17-21)48-36(46-27)29-3-1-13-44-29)9-10-34(51)22-6-8-28-32(18-22)49-37(47-28)30-4-2-14-45-30;;;;/h5-8,17-20,23,29-30,33-34,44-45H,1-4,9-16H2,(H,46,48)(H,47,49);4*1H/t29-,30-,33+,34+;;;;/m0..../s1. The van der Waals surface area contributed by atoms with Crippen LogP contribution in [0.15, 0.2) is 48.5 Å². The fourth-order valence-corrected chi connectivity index (χ4v) is 8.93. The molecular formula is C38H45Cl4F5N8. The van der Waals surface area contributed by atoms with E-state index in [1.807, 2.05) is 12.1 Å². The van der Waals surface area contributed by atoms with Crippen LogP contribution in [-0.2, 0) is 0 Å². The predicted molar refractivity (Wildman–Crippen MR) is 216 cm³/mol. The van der Waals surface area contributed by atoms with Gasteiger partial charge >= 0.3 is 6.18 Å². The van der Waals surface area contributed by atoms with Gasteiger partial charge in [-0.3, -0.25) is 0 Å². The van der Waals surface area contributed by atoms with Gasteiger partial charge in [-0.15, -0.1) is 49.6 Å². The molecule has 4 N–H and O–H groups in total. The summed E-state index contributed by atoms with van der Waals surface area (Å²) in [7, 11) is 0. The highest BCUT2D eigenvalue weighted by molar-refractivity contribution is 5.86. The van der Waals surface area contributed by atoms with Gasteiger partial charge in [-0.1, -0.05) is 12.1 Å². The monoisotopic (exact) mass is 848 g/mol. The van der Waals surface area contributed by atoms with Gasteiger partial charge in [0.15, 0.2) is 11.6 Å². The number of aromatic nitrogens is 4. The summed E-state index contributed by atoms with van der Waals surface area (Å²) in [6.07, 6.45) is 1.06. The summed E-state index contributed by atoms with van der Waals surface area (Å²) >= 11 is 0. The van der Waals surface area contributed by atoms with Crippen molar-refractivity contribution in [3.05, 3.63) is 82.9 Å². The largest absolute Gasteiger partial charge is 0.391 e. The molecule has 3 aromatic carbocycles. The van der Waals surface area contributed by atoms with E-state index < -0.39 is 23.7 Å². The summed E-state index contributed by atoms with van der Waals surface area (Å²) in [6.45, 7) is 1.81. The number of halogens is 9. The Morgan fingerprint density at radius 2 is 1.09 bits per heavy atom. The minimum absolute atomic E-state index is 0. The molecular weight excluding hydrogens is 805 g/mol. The third-order valence-electron chi connectivity index (χ3n) is 11.6. The minimum Gasteiger partial charge on any atom is -0.367 e. The van der Waals surface area contributed by atoms with Crippen molar-refractivity contribution in [1.82, 2.24) is 30.6 Å². The normalized spacial score (nSPS) is 23.1. The molecule has 0 amide bonds. The van der Waals surface area contributed by atoms with Crippen molar-refractivity contribution in [3.63, 3.8) is 0 Å². The first kappa shape index (κ1) is 43.1. The second-order valence-corrected chi connectivity index (χ2v) is 14.7. The molecule has 4 aliphatic rings. The fraction of sp³-hybridized carbons (Fsp3) is 0.474. The maximum absolute atomic E-state index is 16.1. The quantitative estimate of drug-likeness (QED) is 0.127. The van der Waals surface area contributed by atoms with Crippen molar-refractivity contribution < 1.29 is 22.0 Å². The first-order valence-electron chi connectivity index (χ1n) is 18.2. The molecule has 0 radical (unpaired) electrons. The molecule has 4 atom stereocenters. The van der Waals surface area contributed by atoms with E-state index in [1.54, 1.807) is 0 Å². The van der Waals surface area contributed by atoms with E-state index in [0.29, 0.717) is 5.69 Å². The second-order valence-electron chi connectivity index (χ2n) is 14.7. The van der Waals surface area contributed by atoms with Gasteiger partial charge in [0.25, 0.3) is 0 Å². The number of piperidine rings is 1. The van der Waals surface area contributed by atoms with Gasteiger partial charge in [-0.05, 0) is 112 Å². The molecule has 0 spiro atoms. The number of alkyl halides is 3. The highest BCUT2D eigenvalue weighted by Gasteiger charge is 2.42. The summed E-state index contributed by atoms with van der Waals surface area (Å²) in [5.41, 5.74) is 5.74. The molecule has 300 valence electrons. The molecule has 4 saturated heterocycles. The number of H-pyrrole nitrogens is 2. The zero-order valence-corrected chi connectivity index (χ0v) is 33.1. The minimum atomic E-state index is -4.31. The highest BCUT2D eigenvalue weighted by Crippen LogP contribution is 2.49. The first-order chi connectivity index (χ1) is 24.7. The molecule has 4 fully saturated rings. The van der Waals surface area contributed by atoms with Gasteiger partial charge in [0, 0.05) is 18.8 Å². The Kier molecular flexibility index (Phi) is 13.5. The lowest BCUT2D eigenvalue weighted by Gasteiger charge is -2.36. The van der Waals surface area contributed by atoms with E-state index in [0.717, 1.165) is 96.5 Å². The van der Waals surface area contributed by atoms with Gasteiger partial charge in [0.2, 0.25) is 0 Å². The van der Waals surface area contributed by atoms with Crippen LogP contribution in [0.4, 0.5) is 33.3 Å². The van der Waals surface area contributed by atoms with E-state index >= 15 is 8.78 Å². The van der Waals surface area contributed by atoms with Crippen molar-refractivity contribution in [2.75, 3.05) is 36.0 Å². The second kappa shape index (κ2) is 17.2. The molecule has 4 aliphatic heterocycles. The number of imidazole rings is 2. The van der Waals surface area contributed by atoms with Crippen molar-refractivity contribution >= 4 is 83.1 Å². The summed E-state index contributed by atoms with van der Waals surface area (Å²) in [5.74, 6) is -1.16. The lowest BCUT2D eigenvalue weighted by molar-refractivity contribution is -0.179. The third kappa shape index (κ3) is 8.20. The SMILES string of the molecule is Cl.Cl.Cl.Cl.Fc1cc(N2[C@@H](c3ccc4nc([C@@H]5CCCN5)[nH]c4c3)CC[C@@H]2c2ccc3nc([C@@H]4CCCN4)[nH]c3c2)cc(F)c1N1CCC(C(F)(F)F)CC1. The number of anilines is 2. The van der Waals surface area contributed by atoms with E-state index in [2.05, 4.69) is 49.8 Å². The number of rotatable bonds is 6. The zero-order valence-electron chi connectivity index (χ0n) is 29.8. The molecule has 8 nitrogen and oxygen atoms in total. The number of nitrogens with zero attached hydrogens (tertiary/aromatic N) is 4. The number of aromatic amines is 2. The number of benzene rings is 3. The van der Waals surface area contributed by atoms with Gasteiger partial charge in [0.05, 0.1) is 52.2 Å². The Bertz CT molecular complexity index is 1950. The lowest BCUT2D eigenvalue weighted by Crippen LogP contribution is -2.39. The average molecular weight is 851 g/mol. The maximum atomic E-state index is 16.1. The van der Waals surface area contributed by atoms with E-state index in [1.165, 1.54) is 17.0 Å². The highest BCUT2D eigenvalue weighted by atomic mass is 35.5. The lowest BCUT2D eigenvalue weighted by atomic mass is 9.95. The molecule has 2 aromatic heterocycles. The van der Waals surface area contributed by atoms with Crippen molar-refractivity contribution in [1.29, 1.82) is 0 Å². The number of hydrogen-bond donors (Lipinski definition) is 4. The predicted octanol–water partition coefficient (Wildman–Crippen LogP) is 10.1. The maximum Gasteiger partial charge on any atom is 0.391 e. The van der Waals surface area contributed by atoms with Crippen LogP contribution in [0.25, 0.3) is 22.1 Å². The Labute approximate surface area is 340 Å². The van der Waals surface area contributed by atoms with Crippen molar-refractivity contribution in [3.8, 4) is 0 Å². The van der Waals surface area contributed by atoms with Crippen LogP contribution < -0.4 is 20.4 Å². The summed E-state index contributed by atoms with van der Waals surface area (Å²) in [6, 6.07) is 15.0. The molecule has 55 heavy (non-hydrogen) atoms. The smallest absolute Gasteiger partial charge is 0.367 e. The van der Waals surface area contributed by atoms with Crippen molar-refractivity contribution in [2.45, 2.75) is 81.7 Å². The third-order valence-corrected chi connectivity index (χ3v) is 11.6. The molecule has 6 heterocycles. The Morgan fingerprint density at radius 3 is 1.51 bits per heavy atom. The van der Waals surface area contributed by atoms with Crippen LogP contribution in [0.1, 0.15) is 98.3 Å². The summed E-state index contributed by atoms with van der Waals surface area (Å²) in [4.78, 5) is 20.2. The van der Waals surface area contributed by atoms with Crippen LogP contribution in [0.5, 0.6) is 0 Å². The Hall–Kier alpha value is -3.07.